The van der Waals surface area contributed by atoms with Crippen LogP contribution in [0.3, 0.4) is 0 Å². The summed E-state index contributed by atoms with van der Waals surface area (Å²) in [6, 6.07) is 21.7. The summed E-state index contributed by atoms with van der Waals surface area (Å²) in [5.41, 5.74) is 6.85. The van der Waals surface area contributed by atoms with E-state index in [4.69, 9.17) is 5.73 Å². The molecule has 3 aromatic rings. The van der Waals surface area contributed by atoms with Gasteiger partial charge in [-0.05, 0) is 12.1 Å². The van der Waals surface area contributed by atoms with Crippen molar-refractivity contribution < 1.29 is 0 Å². The van der Waals surface area contributed by atoms with Crippen molar-refractivity contribution in [1.29, 1.82) is 0 Å². The summed E-state index contributed by atoms with van der Waals surface area (Å²) in [5, 5.41) is 0.850. The van der Waals surface area contributed by atoms with E-state index < -0.39 is 0 Å². The van der Waals surface area contributed by atoms with Crippen molar-refractivity contribution in [3.63, 3.8) is 0 Å². The van der Waals surface area contributed by atoms with Gasteiger partial charge in [0.15, 0.2) is 5.82 Å². The zero-order chi connectivity index (χ0) is 13.8. The molecule has 1 aromatic heterocycles. The van der Waals surface area contributed by atoms with E-state index >= 15 is 0 Å². The quantitative estimate of drug-likeness (QED) is 0.739. The fourth-order valence-electron chi connectivity index (χ4n) is 1.82. The molecule has 0 radical (unpaired) electrons. The SMILES string of the molecule is Nc1cc(Sc2ccccc2)nc(-c2ccccc2)n1. The Morgan fingerprint density at radius 2 is 1.45 bits per heavy atom. The molecule has 3 nitrogen and oxygen atoms in total. The average molecular weight is 279 g/mol. The van der Waals surface area contributed by atoms with E-state index in [9.17, 15) is 0 Å². The second-order valence-electron chi connectivity index (χ2n) is 4.24. The number of anilines is 1. The number of nitrogen functional groups attached to an aromatic ring is 1. The van der Waals surface area contributed by atoms with E-state index in [0.29, 0.717) is 11.6 Å². The number of benzene rings is 2. The van der Waals surface area contributed by atoms with Gasteiger partial charge in [0.05, 0.1) is 0 Å². The van der Waals surface area contributed by atoms with Crippen LogP contribution < -0.4 is 5.73 Å². The molecule has 0 aliphatic carbocycles. The van der Waals surface area contributed by atoms with Crippen LogP contribution in [0.5, 0.6) is 0 Å². The van der Waals surface area contributed by atoms with Gasteiger partial charge in [-0.15, -0.1) is 0 Å². The molecular formula is C16H13N3S. The molecule has 2 aromatic carbocycles. The first-order valence-corrected chi connectivity index (χ1v) is 7.06. The summed E-state index contributed by atoms with van der Waals surface area (Å²) >= 11 is 1.58. The Hall–Kier alpha value is -2.33. The third kappa shape index (κ3) is 2.97. The molecule has 1 heterocycles. The zero-order valence-corrected chi connectivity index (χ0v) is 11.5. The summed E-state index contributed by atoms with van der Waals surface area (Å²) < 4.78 is 0. The molecule has 2 N–H and O–H groups in total. The van der Waals surface area contributed by atoms with Crippen LogP contribution in [-0.2, 0) is 0 Å². The van der Waals surface area contributed by atoms with Gasteiger partial charge in [-0.1, -0.05) is 60.3 Å². The fraction of sp³-hybridized carbons (Fsp3) is 0. The van der Waals surface area contributed by atoms with Crippen molar-refractivity contribution in [3.05, 3.63) is 66.7 Å². The molecule has 0 aliphatic heterocycles. The van der Waals surface area contributed by atoms with E-state index in [2.05, 4.69) is 9.97 Å². The first-order chi connectivity index (χ1) is 9.81. The molecule has 98 valence electrons. The Morgan fingerprint density at radius 1 is 0.800 bits per heavy atom. The Kier molecular flexibility index (Phi) is 3.65. The van der Waals surface area contributed by atoms with Gasteiger partial charge in [-0.2, -0.15) is 0 Å². The predicted molar refractivity (Wildman–Crippen MR) is 82.4 cm³/mol. The summed E-state index contributed by atoms with van der Waals surface area (Å²) in [6.45, 7) is 0. The van der Waals surface area contributed by atoms with Crippen LogP contribution in [0.15, 0.2) is 76.7 Å². The molecule has 0 amide bonds. The van der Waals surface area contributed by atoms with Crippen molar-refractivity contribution in [2.24, 2.45) is 0 Å². The maximum Gasteiger partial charge on any atom is 0.162 e. The standard InChI is InChI=1S/C16H13N3S/c17-14-11-15(20-13-9-5-2-6-10-13)19-16(18-14)12-7-3-1-4-8-12/h1-11H,(H2,17,18,19). The van der Waals surface area contributed by atoms with Crippen molar-refractivity contribution in [2.75, 3.05) is 5.73 Å². The smallest absolute Gasteiger partial charge is 0.162 e. The highest BCUT2D eigenvalue weighted by molar-refractivity contribution is 7.99. The minimum absolute atomic E-state index is 0.484. The van der Waals surface area contributed by atoms with Crippen LogP contribution in [0.4, 0.5) is 5.82 Å². The fourth-order valence-corrected chi connectivity index (χ4v) is 2.67. The number of hydrogen-bond acceptors (Lipinski definition) is 4. The Balaban J connectivity index is 1.95. The second kappa shape index (κ2) is 5.75. The Bertz CT molecular complexity index is 699. The van der Waals surface area contributed by atoms with E-state index in [0.717, 1.165) is 15.5 Å². The van der Waals surface area contributed by atoms with Crippen molar-refractivity contribution >= 4 is 17.6 Å². The molecule has 0 fully saturated rings. The van der Waals surface area contributed by atoms with Gasteiger partial charge in [0.1, 0.15) is 10.8 Å². The highest BCUT2D eigenvalue weighted by atomic mass is 32.2. The maximum atomic E-state index is 5.89. The van der Waals surface area contributed by atoms with Gasteiger partial charge >= 0.3 is 0 Å². The largest absolute Gasteiger partial charge is 0.384 e. The highest BCUT2D eigenvalue weighted by Crippen LogP contribution is 2.28. The summed E-state index contributed by atoms with van der Waals surface area (Å²) in [6.07, 6.45) is 0. The van der Waals surface area contributed by atoms with E-state index in [-0.39, 0.29) is 0 Å². The summed E-state index contributed by atoms with van der Waals surface area (Å²) in [5.74, 6) is 1.14. The molecule has 4 heteroatoms. The molecule has 3 rings (SSSR count). The second-order valence-corrected chi connectivity index (χ2v) is 5.33. The van der Waals surface area contributed by atoms with Gasteiger partial charge in [0.2, 0.25) is 0 Å². The van der Waals surface area contributed by atoms with Crippen molar-refractivity contribution in [1.82, 2.24) is 9.97 Å². The Morgan fingerprint density at radius 3 is 2.15 bits per heavy atom. The molecule has 0 atom stereocenters. The van der Waals surface area contributed by atoms with Gasteiger partial charge in [-0.3, -0.25) is 0 Å². The number of aromatic nitrogens is 2. The lowest BCUT2D eigenvalue weighted by Gasteiger charge is -2.05. The first kappa shape index (κ1) is 12.7. The van der Waals surface area contributed by atoms with Crippen molar-refractivity contribution in [2.45, 2.75) is 9.92 Å². The van der Waals surface area contributed by atoms with Crippen LogP contribution in [-0.4, -0.2) is 9.97 Å². The minimum Gasteiger partial charge on any atom is -0.384 e. The summed E-state index contributed by atoms with van der Waals surface area (Å²) in [4.78, 5) is 10.00. The van der Waals surface area contributed by atoms with E-state index in [1.54, 1.807) is 17.8 Å². The van der Waals surface area contributed by atoms with Gasteiger partial charge in [0.25, 0.3) is 0 Å². The van der Waals surface area contributed by atoms with Gasteiger partial charge < -0.3 is 5.73 Å². The third-order valence-corrected chi connectivity index (χ3v) is 3.65. The topological polar surface area (TPSA) is 51.8 Å². The molecular weight excluding hydrogens is 266 g/mol. The minimum atomic E-state index is 0.484. The first-order valence-electron chi connectivity index (χ1n) is 6.24. The van der Waals surface area contributed by atoms with Crippen LogP contribution >= 0.6 is 11.8 Å². The third-order valence-electron chi connectivity index (χ3n) is 2.72. The lowest BCUT2D eigenvalue weighted by atomic mass is 10.2. The van der Waals surface area contributed by atoms with E-state index in [1.165, 1.54) is 0 Å². The van der Waals surface area contributed by atoms with Gasteiger partial charge in [-0.25, -0.2) is 9.97 Å². The van der Waals surface area contributed by atoms with Crippen LogP contribution in [0, 0.1) is 0 Å². The van der Waals surface area contributed by atoms with Gasteiger partial charge in [0, 0.05) is 16.5 Å². The molecule has 20 heavy (non-hydrogen) atoms. The van der Waals surface area contributed by atoms with E-state index in [1.807, 2.05) is 60.7 Å². The zero-order valence-electron chi connectivity index (χ0n) is 10.7. The molecule has 0 aliphatic rings. The van der Waals surface area contributed by atoms with Crippen molar-refractivity contribution in [3.8, 4) is 11.4 Å². The molecule has 0 saturated heterocycles. The number of nitrogens with zero attached hydrogens (tertiary/aromatic N) is 2. The van der Waals surface area contributed by atoms with Crippen LogP contribution in [0.1, 0.15) is 0 Å². The molecule has 0 spiro atoms. The molecule has 0 unspecified atom stereocenters. The lowest BCUT2D eigenvalue weighted by molar-refractivity contribution is 1.06. The molecule has 0 bridgehead atoms. The predicted octanol–water partition coefficient (Wildman–Crippen LogP) is 3.88. The highest BCUT2D eigenvalue weighted by Gasteiger charge is 2.06. The average Bonchev–Trinajstić information content (AvgIpc) is 2.49. The monoisotopic (exact) mass is 279 g/mol. The van der Waals surface area contributed by atoms with Crippen LogP contribution in [0.2, 0.25) is 0 Å². The number of rotatable bonds is 3. The summed E-state index contributed by atoms with van der Waals surface area (Å²) in [7, 11) is 0. The number of hydrogen-bond donors (Lipinski definition) is 1. The normalized spacial score (nSPS) is 10.4. The molecule has 0 saturated carbocycles. The Labute approximate surface area is 121 Å². The maximum absolute atomic E-state index is 5.89. The lowest BCUT2D eigenvalue weighted by Crippen LogP contribution is -1.97. The number of nitrogens with two attached hydrogens (primary N) is 1. The van der Waals surface area contributed by atoms with Crippen LogP contribution in [0.25, 0.3) is 11.4 Å².